The largest absolute Gasteiger partial charge is 0.508 e. The lowest BCUT2D eigenvalue weighted by Crippen LogP contribution is -2.47. The second-order valence-corrected chi connectivity index (χ2v) is 10.5. The number of benzene rings is 1. The molecule has 0 aliphatic heterocycles. The van der Waals surface area contributed by atoms with E-state index in [1.54, 1.807) is 58.0 Å². The van der Waals surface area contributed by atoms with Gasteiger partial charge in [-0.05, 0) is 19.4 Å². The van der Waals surface area contributed by atoms with Gasteiger partial charge in [-0.1, -0.05) is 44.2 Å². The molecule has 0 spiro atoms. The van der Waals surface area contributed by atoms with Crippen molar-refractivity contribution in [3.63, 3.8) is 0 Å². The van der Waals surface area contributed by atoms with Crippen LogP contribution < -0.4 is 5.73 Å². The van der Waals surface area contributed by atoms with E-state index in [0.29, 0.717) is 0 Å². The van der Waals surface area contributed by atoms with Crippen LogP contribution in [0.1, 0.15) is 33.3 Å². The number of hydrogen-bond donors (Lipinski definition) is 2. The van der Waals surface area contributed by atoms with Gasteiger partial charge in [0.2, 0.25) is 5.96 Å². The van der Waals surface area contributed by atoms with Crippen molar-refractivity contribution in [1.29, 1.82) is 0 Å². The van der Waals surface area contributed by atoms with E-state index >= 15 is 0 Å². The molecule has 0 aliphatic carbocycles. The van der Waals surface area contributed by atoms with Gasteiger partial charge < -0.3 is 34.7 Å². The van der Waals surface area contributed by atoms with Crippen molar-refractivity contribution in [3.8, 4) is 0 Å². The molecule has 3 unspecified atom stereocenters. The Hall–Kier alpha value is -3.35. The van der Waals surface area contributed by atoms with Gasteiger partial charge in [-0.3, -0.25) is 9.05 Å². The van der Waals surface area contributed by atoms with E-state index in [4.69, 9.17) is 33.7 Å². The maximum atomic E-state index is 13.6. The number of carbonyl (C=O) groups excluding carboxylic acids is 2. The molecule has 0 aromatic heterocycles. The minimum Gasteiger partial charge on any atom is -0.480 e. The van der Waals surface area contributed by atoms with Crippen LogP contribution in [-0.4, -0.2) is 87.0 Å². The Balaban J connectivity index is 3.02. The number of aliphatic carboxylic acids is 1. The van der Waals surface area contributed by atoms with Gasteiger partial charge >= 0.3 is 26.0 Å². The highest BCUT2D eigenvalue weighted by Crippen LogP contribution is 2.50. The summed E-state index contributed by atoms with van der Waals surface area (Å²) in [5.41, 5.74) is 6.83. The SMILES string of the molecule is CCOC(=O)OCC(C)COP(=O)(N=C(N)N(C)C(Cc1ccccc1)C(=O)O)OCC(C)COC(=O)OCC. The standard InChI is InChI=1S/C25H40N3O11P/c1-6-34-24(31)36-14-18(3)16-38-40(33,39-17-19(4)15-37-25(32)35-7-2)27-23(26)28(5)21(22(29)30)13-20-11-9-8-10-12-20/h8-12,18-19,21H,6-7,13-17H2,1-5H3,(H,29,30)(H2,26,27,33). The molecule has 14 nitrogen and oxygen atoms in total. The van der Waals surface area contributed by atoms with Crippen LogP contribution in [0, 0.1) is 11.8 Å². The molecule has 3 N–H and O–H groups in total. The molecule has 0 fully saturated rings. The van der Waals surface area contributed by atoms with Gasteiger partial charge in [0.25, 0.3) is 0 Å². The first kappa shape index (κ1) is 34.7. The molecule has 0 bridgehead atoms. The lowest BCUT2D eigenvalue weighted by Gasteiger charge is -2.27. The van der Waals surface area contributed by atoms with Crippen molar-refractivity contribution in [2.75, 3.05) is 46.7 Å². The van der Waals surface area contributed by atoms with Crippen molar-refractivity contribution in [3.05, 3.63) is 35.9 Å². The summed E-state index contributed by atoms with van der Waals surface area (Å²) in [7, 11) is -2.93. The van der Waals surface area contributed by atoms with Crippen LogP contribution in [-0.2, 0) is 43.8 Å². The van der Waals surface area contributed by atoms with E-state index in [2.05, 4.69) is 4.76 Å². The quantitative estimate of drug-likeness (QED) is 0.116. The molecule has 15 heteroatoms. The predicted molar refractivity (Wildman–Crippen MR) is 145 cm³/mol. The fraction of sp³-hybridized carbons (Fsp3) is 0.600. The zero-order chi connectivity index (χ0) is 30.1. The number of hydrogen-bond acceptors (Lipinski definition) is 10. The van der Waals surface area contributed by atoms with Gasteiger partial charge in [-0.25, -0.2) is 18.9 Å². The van der Waals surface area contributed by atoms with Crippen LogP contribution in [0.15, 0.2) is 35.1 Å². The zero-order valence-electron chi connectivity index (χ0n) is 23.5. The summed E-state index contributed by atoms with van der Waals surface area (Å²) in [5, 5.41) is 9.80. The Labute approximate surface area is 234 Å². The first-order valence-corrected chi connectivity index (χ1v) is 14.2. The number of likely N-dealkylation sites (N-methyl/N-ethyl adjacent to an activating group) is 1. The Morgan fingerprint density at radius 1 is 0.900 bits per heavy atom. The number of carbonyl (C=O) groups is 3. The van der Waals surface area contributed by atoms with Gasteiger partial charge in [0, 0.05) is 25.3 Å². The van der Waals surface area contributed by atoms with Crippen LogP contribution in [0.5, 0.6) is 0 Å². The third-order valence-corrected chi connectivity index (χ3v) is 6.55. The summed E-state index contributed by atoms with van der Waals surface area (Å²) in [6.45, 7) is 6.27. The summed E-state index contributed by atoms with van der Waals surface area (Å²) in [6.07, 6.45) is -1.61. The number of nitrogens with zero attached hydrogens (tertiary/aromatic N) is 2. The number of carboxylic acid groups (broad SMARTS) is 1. The molecule has 0 amide bonds. The average molecular weight is 590 g/mol. The molecule has 0 heterocycles. The average Bonchev–Trinajstić information content (AvgIpc) is 2.92. The first-order valence-electron chi connectivity index (χ1n) is 12.7. The summed E-state index contributed by atoms with van der Waals surface area (Å²) >= 11 is 0. The maximum absolute atomic E-state index is 13.6. The highest BCUT2D eigenvalue weighted by molar-refractivity contribution is 7.52. The molecule has 0 radical (unpaired) electrons. The monoisotopic (exact) mass is 589 g/mol. The number of rotatable bonds is 17. The highest BCUT2D eigenvalue weighted by atomic mass is 31.2. The van der Waals surface area contributed by atoms with Gasteiger partial charge in [0.1, 0.15) is 6.04 Å². The number of ether oxygens (including phenoxy) is 4. The topological polar surface area (TPSA) is 186 Å². The van der Waals surface area contributed by atoms with Crippen LogP contribution >= 0.6 is 7.75 Å². The minimum atomic E-state index is -4.32. The number of nitrogens with two attached hydrogens (primary N) is 1. The second kappa shape index (κ2) is 18.1. The van der Waals surface area contributed by atoms with Crippen molar-refractivity contribution < 1.29 is 52.1 Å². The molecule has 3 atom stereocenters. The zero-order valence-corrected chi connectivity index (χ0v) is 24.4. The molecule has 1 aromatic carbocycles. The third-order valence-electron chi connectivity index (χ3n) is 5.15. The second-order valence-electron chi connectivity index (χ2n) is 8.87. The van der Waals surface area contributed by atoms with Crippen LogP contribution in [0.3, 0.4) is 0 Å². The van der Waals surface area contributed by atoms with E-state index in [0.717, 1.165) is 10.5 Å². The predicted octanol–water partition coefficient (Wildman–Crippen LogP) is 3.69. The van der Waals surface area contributed by atoms with E-state index in [1.165, 1.54) is 7.05 Å². The van der Waals surface area contributed by atoms with Crippen LogP contribution in [0.25, 0.3) is 0 Å². The highest BCUT2D eigenvalue weighted by Gasteiger charge is 2.31. The minimum absolute atomic E-state index is 0.0966. The molecule has 40 heavy (non-hydrogen) atoms. The summed E-state index contributed by atoms with van der Waals surface area (Å²) in [6, 6.07) is 7.78. The normalized spacial score (nSPS) is 15.2. The maximum Gasteiger partial charge on any atom is 0.508 e. The van der Waals surface area contributed by atoms with Crippen LogP contribution in [0.2, 0.25) is 0 Å². The molecule has 0 saturated heterocycles. The van der Waals surface area contributed by atoms with Gasteiger partial charge in [-0.15, -0.1) is 4.76 Å². The summed E-state index contributed by atoms with van der Waals surface area (Å²) in [5.74, 6) is -2.44. The van der Waals surface area contributed by atoms with Gasteiger partial charge in [-0.2, -0.15) is 0 Å². The third kappa shape index (κ3) is 13.6. The van der Waals surface area contributed by atoms with Gasteiger partial charge in [0.05, 0.1) is 39.6 Å². The van der Waals surface area contributed by atoms with Crippen LogP contribution in [0.4, 0.5) is 9.59 Å². The van der Waals surface area contributed by atoms with Gasteiger partial charge in [0.15, 0.2) is 0 Å². The summed E-state index contributed by atoms with van der Waals surface area (Å²) < 4.78 is 47.9. The molecule has 0 aliphatic rings. The van der Waals surface area contributed by atoms with E-state index in [1.807, 2.05) is 0 Å². The Bertz CT molecular complexity index is 973. The molecular formula is C25H40N3O11P. The molecular weight excluding hydrogens is 549 g/mol. The van der Waals surface area contributed by atoms with E-state index < -0.39 is 49.9 Å². The molecule has 0 saturated carbocycles. The fourth-order valence-electron chi connectivity index (χ4n) is 2.96. The smallest absolute Gasteiger partial charge is 0.480 e. The Kier molecular flexibility index (Phi) is 15.7. The number of carboxylic acids is 1. The fourth-order valence-corrected chi connectivity index (χ4v) is 4.42. The lowest BCUT2D eigenvalue weighted by molar-refractivity contribution is -0.141. The van der Waals surface area contributed by atoms with Crippen molar-refractivity contribution >= 4 is 32.0 Å². The first-order chi connectivity index (χ1) is 18.9. The van der Waals surface area contributed by atoms with Crippen molar-refractivity contribution in [2.24, 2.45) is 22.3 Å². The molecule has 226 valence electrons. The molecule has 1 aromatic rings. The van der Waals surface area contributed by atoms with Crippen molar-refractivity contribution in [2.45, 2.75) is 40.2 Å². The Morgan fingerprint density at radius 2 is 1.38 bits per heavy atom. The molecule has 1 rings (SSSR count). The summed E-state index contributed by atoms with van der Waals surface area (Å²) in [4.78, 5) is 36.1. The Morgan fingerprint density at radius 3 is 1.80 bits per heavy atom. The van der Waals surface area contributed by atoms with E-state index in [-0.39, 0.29) is 46.1 Å². The number of guanidine groups is 1. The van der Waals surface area contributed by atoms with E-state index in [9.17, 15) is 24.1 Å². The lowest BCUT2D eigenvalue weighted by atomic mass is 10.1. The van der Waals surface area contributed by atoms with Crippen molar-refractivity contribution in [1.82, 2.24) is 4.90 Å².